The van der Waals surface area contributed by atoms with Gasteiger partial charge in [-0.2, -0.15) is 0 Å². The van der Waals surface area contributed by atoms with Crippen LogP contribution in [0.2, 0.25) is 0 Å². The number of benzene rings is 1. The van der Waals surface area contributed by atoms with E-state index in [1.54, 1.807) is 4.90 Å². The first-order valence-electron chi connectivity index (χ1n) is 11.4. The summed E-state index contributed by atoms with van der Waals surface area (Å²) in [6, 6.07) is 9.09. The second kappa shape index (κ2) is 10.3. The third-order valence-corrected chi connectivity index (χ3v) is 6.82. The number of nitrogens with one attached hydrogen (secondary N) is 2. The van der Waals surface area contributed by atoms with Gasteiger partial charge < -0.3 is 15.5 Å². The molecule has 0 atom stereocenters. The Balaban J connectivity index is 1.47. The molecule has 2 N–H and O–H groups in total. The maximum atomic E-state index is 12.8. The Kier molecular flexibility index (Phi) is 7.75. The summed E-state index contributed by atoms with van der Waals surface area (Å²) in [5.74, 6) is 1.07. The minimum Gasteiger partial charge on any atom is -0.355 e. The van der Waals surface area contributed by atoms with Crippen LogP contribution >= 0.6 is 0 Å². The fourth-order valence-corrected chi connectivity index (χ4v) is 4.90. The molecule has 2 aliphatic rings. The summed E-state index contributed by atoms with van der Waals surface area (Å²) < 4.78 is 0. The number of likely N-dealkylation sites (tertiary alicyclic amines) is 1. The van der Waals surface area contributed by atoms with E-state index in [1.165, 1.54) is 11.1 Å². The quantitative estimate of drug-likeness (QED) is 0.556. The van der Waals surface area contributed by atoms with Crippen LogP contribution < -0.4 is 10.6 Å². The maximum absolute atomic E-state index is 12.8. The average Bonchev–Trinajstić information content (AvgIpc) is 3.23. The van der Waals surface area contributed by atoms with Crippen molar-refractivity contribution >= 4 is 11.9 Å². The first-order chi connectivity index (χ1) is 14.4. The molecule has 1 amide bonds. The highest BCUT2D eigenvalue weighted by Gasteiger charge is 2.42. The first kappa shape index (κ1) is 22.6. The summed E-state index contributed by atoms with van der Waals surface area (Å²) in [5.41, 5.74) is 2.52. The van der Waals surface area contributed by atoms with Gasteiger partial charge in [-0.1, -0.05) is 37.1 Å². The molecule has 3 rings (SSSR count). The minimum absolute atomic E-state index is 0.243. The molecule has 30 heavy (non-hydrogen) atoms. The number of amides is 1. The van der Waals surface area contributed by atoms with E-state index in [0.717, 1.165) is 64.1 Å². The van der Waals surface area contributed by atoms with E-state index in [4.69, 9.17) is 0 Å². The molecule has 1 aromatic rings. The molecule has 1 aliphatic carbocycles. The first-order valence-corrected chi connectivity index (χ1v) is 11.4. The lowest BCUT2D eigenvalue weighted by molar-refractivity contribution is -0.138. The van der Waals surface area contributed by atoms with Gasteiger partial charge in [0.05, 0.1) is 5.41 Å². The fraction of sp³-hybridized carbons (Fsp3) is 0.667. The Bertz CT molecular complexity index is 731. The molecule has 1 aromatic carbocycles. The van der Waals surface area contributed by atoms with E-state index in [0.29, 0.717) is 12.6 Å². The molecule has 0 radical (unpaired) electrons. The highest BCUT2D eigenvalue weighted by molar-refractivity contribution is 5.85. The van der Waals surface area contributed by atoms with Crippen LogP contribution in [0, 0.1) is 12.3 Å². The lowest BCUT2D eigenvalue weighted by Crippen LogP contribution is -2.52. The topological polar surface area (TPSA) is 60.0 Å². The van der Waals surface area contributed by atoms with Gasteiger partial charge in [0, 0.05) is 53.4 Å². The van der Waals surface area contributed by atoms with E-state index in [2.05, 4.69) is 51.7 Å². The third kappa shape index (κ3) is 5.54. The SMILES string of the molecule is CN=C(NCC1(C(=O)N(C)C)CCCC1)NC1CCN(Cc2ccccc2C)CC1. The van der Waals surface area contributed by atoms with E-state index < -0.39 is 0 Å². The average molecular weight is 414 g/mol. The summed E-state index contributed by atoms with van der Waals surface area (Å²) in [7, 11) is 5.54. The molecule has 0 bridgehead atoms. The minimum atomic E-state index is -0.280. The largest absolute Gasteiger partial charge is 0.355 e. The molecule has 1 aliphatic heterocycles. The number of aryl methyl sites for hydroxylation is 1. The third-order valence-electron chi connectivity index (χ3n) is 6.82. The number of carbonyl (C=O) groups excluding carboxylic acids is 1. The molecule has 1 saturated heterocycles. The Morgan fingerprint density at radius 1 is 1.20 bits per heavy atom. The van der Waals surface area contributed by atoms with Crippen molar-refractivity contribution in [1.29, 1.82) is 0 Å². The Morgan fingerprint density at radius 2 is 1.87 bits per heavy atom. The van der Waals surface area contributed by atoms with Crippen LogP contribution in [0.1, 0.15) is 49.7 Å². The van der Waals surface area contributed by atoms with E-state index >= 15 is 0 Å². The van der Waals surface area contributed by atoms with Crippen LogP contribution in [-0.4, -0.2) is 68.5 Å². The Labute approximate surface area is 182 Å². The number of rotatable bonds is 6. The van der Waals surface area contributed by atoms with Gasteiger partial charge in [0.25, 0.3) is 0 Å². The van der Waals surface area contributed by atoms with Gasteiger partial charge >= 0.3 is 0 Å². The summed E-state index contributed by atoms with van der Waals surface area (Å²) in [6.07, 6.45) is 6.40. The normalized spacial score (nSPS) is 20.2. The molecular formula is C24H39N5O. The van der Waals surface area contributed by atoms with Crippen molar-refractivity contribution < 1.29 is 4.79 Å². The second-order valence-corrected chi connectivity index (χ2v) is 9.23. The molecule has 1 heterocycles. The maximum Gasteiger partial charge on any atom is 0.230 e. The van der Waals surface area contributed by atoms with E-state index in [9.17, 15) is 4.79 Å². The summed E-state index contributed by atoms with van der Waals surface area (Å²) in [6.45, 7) is 6.06. The van der Waals surface area contributed by atoms with Gasteiger partial charge in [0.2, 0.25) is 5.91 Å². The molecule has 6 nitrogen and oxygen atoms in total. The molecule has 0 unspecified atom stereocenters. The smallest absolute Gasteiger partial charge is 0.230 e. The zero-order chi connectivity index (χ0) is 21.6. The van der Waals surface area contributed by atoms with E-state index in [-0.39, 0.29) is 11.3 Å². The van der Waals surface area contributed by atoms with Crippen molar-refractivity contribution in [3.8, 4) is 0 Å². The van der Waals surface area contributed by atoms with Crippen LogP contribution in [0.25, 0.3) is 0 Å². The molecule has 6 heteroatoms. The van der Waals surface area contributed by atoms with Gasteiger partial charge in [-0.15, -0.1) is 0 Å². The van der Waals surface area contributed by atoms with Gasteiger partial charge in [-0.25, -0.2) is 0 Å². The predicted molar refractivity (Wildman–Crippen MR) is 124 cm³/mol. The van der Waals surface area contributed by atoms with Crippen LogP contribution in [0.4, 0.5) is 0 Å². The molecule has 0 aromatic heterocycles. The lowest BCUT2D eigenvalue weighted by atomic mass is 9.84. The zero-order valence-corrected chi connectivity index (χ0v) is 19.2. The fourth-order valence-electron chi connectivity index (χ4n) is 4.90. The van der Waals surface area contributed by atoms with Gasteiger partial charge in [-0.3, -0.25) is 14.7 Å². The van der Waals surface area contributed by atoms with E-state index in [1.807, 2.05) is 21.1 Å². The number of carbonyl (C=O) groups is 1. The number of hydrogen-bond acceptors (Lipinski definition) is 3. The second-order valence-electron chi connectivity index (χ2n) is 9.23. The van der Waals surface area contributed by atoms with Crippen molar-refractivity contribution in [3.05, 3.63) is 35.4 Å². The van der Waals surface area contributed by atoms with Crippen molar-refractivity contribution in [3.63, 3.8) is 0 Å². The number of aliphatic imine (C=N–C) groups is 1. The Hall–Kier alpha value is -2.08. The standard InChI is InChI=1S/C24H39N5O/c1-19-9-5-6-10-20(19)17-29-15-11-21(12-16-29)27-23(25-2)26-18-24(13-7-8-14-24)22(30)28(3)4/h5-6,9-10,21H,7-8,11-18H2,1-4H3,(H2,25,26,27). The predicted octanol–water partition coefficient (Wildman–Crippen LogP) is 2.77. The van der Waals surface area contributed by atoms with Crippen molar-refractivity contribution in [2.75, 3.05) is 40.8 Å². The summed E-state index contributed by atoms with van der Waals surface area (Å²) >= 11 is 0. The highest BCUT2D eigenvalue weighted by atomic mass is 16.2. The Morgan fingerprint density at radius 3 is 2.47 bits per heavy atom. The number of nitrogens with zero attached hydrogens (tertiary/aromatic N) is 3. The summed E-state index contributed by atoms with van der Waals surface area (Å²) in [4.78, 5) is 21.5. The molecule has 2 fully saturated rings. The number of guanidine groups is 1. The van der Waals surface area contributed by atoms with Crippen LogP contribution in [0.3, 0.4) is 0 Å². The van der Waals surface area contributed by atoms with Gasteiger partial charge in [0.15, 0.2) is 5.96 Å². The van der Waals surface area contributed by atoms with Gasteiger partial charge in [-0.05, 0) is 43.7 Å². The lowest BCUT2D eigenvalue weighted by Gasteiger charge is -2.34. The van der Waals surface area contributed by atoms with Crippen molar-refractivity contribution in [2.45, 2.75) is 58.0 Å². The molecule has 0 spiro atoms. The van der Waals surface area contributed by atoms with Crippen molar-refractivity contribution in [2.24, 2.45) is 10.4 Å². The number of piperidine rings is 1. The van der Waals surface area contributed by atoms with Crippen molar-refractivity contribution in [1.82, 2.24) is 20.4 Å². The van der Waals surface area contributed by atoms with Gasteiger partial charge in [0.1, 0.15) is 0 Å². The monoisotopic (exact) mass is 413 g/mol. The van der Waals surface area contributed by atoms with Crippen LogP contribution in [-0.2, 0) is 11.3 Å². The zero-order valence-electron chi connectivity index (χ0n) is 19.2. The number of hydrogen-bond donors (Lipinski definition) is 2. The molecule has 166 valence electrons. The molecule has 1 saturated carbocycles. The summed E-state index contributed by atoms with van der Waals surface area (Å²) in [5, 5.41) is 7.07. The highest BCUT2D eigenvalue weighted by Crippen LogP contribution is 2.38. The molecular weight excluding hydrogens is 374 g/mol. The van der Waals surface area contributed by atoms with Crippen LogP contribution in [0.5, 0.6) is 0 Å². The van der Waals surface area contributed by atoms with Crippen LogP contribution in [0.15, 0.2) is 29.3 Å².